The van der Waals surface area contributed by atoms with Gasteiger partial charge in [-0.15, -0.1) is 0 Å². The average Bonchev–Trinajstić information content (AvgIpc) is 3.22. The molecule has 37 heavy (non-hydrogen) atoms. The largest absolute Gasteiger partial charge is 0.444 e. The number of halogens is 1. The summed E-state index contributed by atoms with van der Waals surface area (Å²) in [5.41, 5.74) is 1.29. The van der Waals surface area contributed by atoms with E-state index in [-0.39, 0.29) is 17.5 Å². The van der Waals surface area contributed by atoms with E-state index >= 15 is 4.39 Å². The topological polar surface area (TPSA) is 93.1 Å². The summed E-state index contributed by atoms with van der Waals surface area (Å²) in [7, 11) is 1.78. The Morgan fingerprint density at radius 3 is 2.49 bits per heavy atom. The number of aryl methyl sites for hydroxylation is 1. The van der Waals surface area contributed by atoms with E-state index in [1.807, 2.05) is 33.0 Å². The number of likely N-dealkylation sites (tertiary alicyclic amines) is 1. The molecular formula is C28H28FN5O3. The van der Waals surface area contributed by atoms with Crippen LogP contribution >= 0.6 is 0 Å². The summed E-state index contributed by atoms with van der Waals surface area (Å²) in [5, 5.41) is 15.2. The Kier molecular flexibility index (Phi) is 5.98. The summed E-state index contributed by atoms with van der Waals surface area (Å²) < 4.78 is 24.1. The van der Waals surface area contributed by atoms with Crippen LogP contribution in [0.1, 0.15) is 45.2 Å². The number of carbonyl (C=O) groups excluding carboxylic acids is 1. The molecule has 9 heteroatoms. The Balaban J connectivity index is 1.45. The Labute approximate surface area is 213 Å². The molecule has 1 aliphatic rings. The van der Waals surface area contributed by atoms with Crippen LogP contribution in [0.25, 0.3) is 32.8 Å². The molecule has 0 aliphatic carbocycles. The van der Waals surface area contributed by atoms with E-state index in [1.54, 1.807) is 45.6 Å². The second-order valence-corrected chi connectivity index (χ2v) is 10.5. The van der Waals surface area contributed by atoms with Crippen LogP contribution in [0.4, 0.5) is 9.18 Å². The van der Waals surface area contributed by atoms with Gasteiger partial charge < -0.3 is 14.2 Å². The monoisotopic (exact) mass is 501 g/mol. The van der Waals surface area contributed by atoms with Gasteiger partial charge >= 0.3 is 6.09 Å². The zero-order chi connectivity index (χ0) is 26.5. The number of nitrogens with zero attached hydrogens (tertiary/aromatic N) is 5. The Bertz CT molecular complexity index is 1630. The van der Waals surface area contributed by atoms with Crippen molar-refractivity contribution in [2.24, 2.45) is 7.05 Å². The first-order chi connectivity index (χ1) is 17.5. The highest BCUT2D eigenvalue weighted by molar-refractivity contribution is 5.92. The number of piperidine rings is 1. The maximum absolute atomic E-state index is 15.4. The van der Waals surface area contributed by atoms with Crippen molar-refractivity contribution in [3.63, 3.8) is 0 Å². The second-order valence-electron chi connectivity index (χ2n) is 10.5. The third-order valence-corrected chi connectivity index (χ3v) is 6.67. The van der Waals surface area contributed by atoms with Crippen LogP contribution in [0.15, 0.2) is 47.5 Å². The number of nitriles is 1. The number of rotatable bonds is 2. The van der Waals surface area contributed by atoms with Crippen molar-refractivity contribution in [2.75, 3.05) is 13.1 Å². The highest BCUT2D eigenvalue weighted by Gasteiger charge is 2.28. The Morgan fingerprint density at radius 1 is 1.14 bits per heavy atom. The molecule has 1 saturated heterocycles. The molecule has 2 aromatic carbocycles. The number of carbonyl (C=O) groups is 1. The second kappa shape index (κ2) is 9.04. The van der Waals surface area contributed by atoms with Crippen LogP contribution in [0, 0.1) is 17.1 Å². The maximum atomic E-state index is 15.4. The number of aromatic nitrogens is 3. The molecule has 8 nitrogen and oxygen atoms in total. The predicted molar refractivity (Wildman–Crippen MR) is 139 cm³/mol. The Morgan fingerprint density at radius 2 is 1.81 bits per heavy atom. The van der Waals surface area contributed by atoms with E-state index in [0.29, 0.717) is 53.5 Å². The van der Waals surface area contributed by atoms with Gasteiger partial charge in [0.1, 0.15) is 23.0 Å². The molecule has 0 bridgehead atoms. The molecule has 1 fully saturated rings. The Hall–Kier alpha value is -4.19. The quantitative estimate of drug-likeness (QED) is 0.379. The van der Waals surface area contributed by atoms with Gasteiger partial charge in [-0.1, -0.05) is 0 Å². The van der Waals surface area contributed by atoms with E-state index < -0.39 is 17.0 Å². The van der Waals surface area contributed by atoms with Crippen molar-refractivity contribution in [1.82, 2.24) is 19.2 Å². The first-order valence-corrected chi connectivity index (χ1v) is 12.2. The van der Waals surface area contributed by atoms with Gasteiger partial charge in [-0.25, -0.2) is 9.18 Å². The molecule has 0 unspecified atom stereocenters. The van der Waals surface area contributed by atoms with Crippen LogP contribution < -0.4 is 5.56 Å². The lowest BCUT2D eigenvalue weighted by molar-refractivity contribution is 0.0187. The van der Waals surface area contributed by atoms with Gasteiger partial charge in [0, 0.05) is 44.0 Å². The number of hydrogen-bond acceptors (Lipinski definition) is 5. The van der Waals surface area contributed by atoms with Gasteiger partial charge in [0.25, 0.3) is 5.56 Å². The summed E-state index contributed by atoms with van der Waals surface area (Å²) in [4.78, 5) is 27.4. The third kappa shape index (κ3) is 4.67. The summed E-state index contributed by atoms with van der Waals surface area (Å²) >= 11 is 0. The van der Waals surface area contributed by atoms with E-state index in [0.717, 1.165) is 5.39 Å². The lowest BCUT2D eigenvalue weighted by Crippen LogP contribution is -2.43. The zero-order valence-corrected chi connectivity index (χ0v) is 21.3. The van der Waals surface area contributed by atoms with Crippen LogP contribution in [0.3, 0.4) is 0 Å². The minimum atomic E-state index is -0.608. The van der Waals surface area contributed by atoms with Gasteiger partial charge in [-0.05, 0) is 80.5 Å². The molecule has 0 N–H and O–H groups in total. The molecule has 1 amide bonds. The van der Waals surface area contributed by atoms with Crippen molar-refractivity contribution in [1.29, 1.82) is 5.26 Å². The minimum absolute atomic E-state index is 0.0313. The molecule has 0 saturated carbocycles. The van der Waals surface area contributed by atoms with Crippen molar-refractivity contribution in [2.45, 2.75) is 45.3 Å². The number of benzene rings is 2. The SMILES string of the molecule is Cn1cc2cc(-c3cc(F)c4c(=O)n(C5CCN(C(=O)OC(C)(C)C)CC5)ccc4c3)cc(C#N)c2n1. The van der Waals surface area contributed by atoms with Crippen LogP contribution in [-0.4, -0.2) is 44.0 Å². The molecule has 2 aromatic heterocycles. The first-order valence-electron chi connectivity index (χ1n) is 12.2. The summed E-state index contributed by atoms with van der Waals surface area (Å²) in [6, 6.07) is 10.4. The standard InChI is InChI=1S/C28H28FN5O3/c1-28(2,3)37-27(36)33-8-6-22(7-9-33)34-10-5-17-11-19(14-23(29)24(17)26(34)35)18-12-20(15-30)25-21(13-18)16-32(4)31-25/h5,10-14,16,22H,6-9H2,1-4H3. The molecule has 0 radical (unpaired) electrons. The fourth-order valence-electron chi connectivity index (χ4n) is 4.96. The van der Waals surface area contributed by atoms with Gasteiger partial charge in [-0.3, -0.25) is 9.48 Å². The molecule has 1 aliphatic heterocycles. The van der Waals surface area contributed by atoms with E-state index in [2.05, 4.69) is 11.2 Å². The highest BCUT2D eigenvalue weighted by Crippen LogP contribution is 2.31. The first kappa shape index (κ1) is 24.5. The molecule has 4 aromatic rings. The predicted octanol–water partition coefficient (Wildman–Crippen LogP) is 5.14. The van der Waals surface area contributed by atoms with Crippen molar-refractivity contribution < 1.29 is 13.9 Å². The highest BCUT2D eigenvalue weighted by atomic mass is 19.1. The summed E-state index contributed by atoms with van der Waals surface area (Å²) in [6.45, 7) is 6.40. The number of hydrogen-bond donors (Lipinski definition) is 0. The van der Waals surface area contributed by atoms with Crippen molar-refractivity contribution in [3.8, 4) is 17.2 Å². The van der Waals surface area contributed by atoms with E-state index in [9.17, 15) is 14.9 Å². The average molecular weight is 502 g/mol. The molecule has 3 heterocycles. The molecule has 0 spiro atoms. The third-order valence-electron chi connectivity index (χ3n) is 6.67. The van der Waals surface area contributed by atoms with Crippen molar-refractivity contribution >= 4 is 27.8 Å². The van der Waals surface area contributed by atoms with Crippen molar-refractivity contribution in [3.05, 3.63) is 64.5 Å². The van der Waals surface area contributed by atoms with Gasteiger partial charge in [-0.2, -0.15) is 10.4 Å². The minimum Gasteiger partial charge on any atom is -0.444 e. The molecular weight excluding hydrogens is 473 g/mol. The summed E-state index contributed by atoms with van der Waals surface area (Å²) in [5.74, 6) is -0.608. The number of ether oxygens (including phenoxy) is 1. The van der Waals surface area contributed by atoms with Gasteiger partial charge in [0.2, 0.25) is 0 Å². The van der Waals surface area contributed by atoms with Gasteiger partial charge in [0.15, 0.2) is 0 Å². The lowest BCUT2D eigenvalue weighted by atomic mass is 9.98. The van der Waals surface area contributed by atoms with E-state index in [1.165, 1.54) is 6.07 Å². The van der Waals surface area contributed by atoms with E-state index in [4.69, 9.17) is 4.74 Å². The fourth-order valence-corrected chi connectivity index (χ4v) is 4.96. The number of fused-ring (bicyclic) bond motifs is 2. The number of amides is 1. The van der Waals surface area contributed by atoms with Crippen LogP contribution in [0.5, 0.6) is 0 Å². The van der Waals surface area contributed by atoms with Crippen LogP contribution in [-0.2, 0) is 11.8 Å². The molecule has 0 atom stereocenters. The molecule has 190 valence electrons. The fraction of sp³-hybridized carbons (Fsp3) is 0.357. The maximum Gasteiger partial charge on any atom is 0.410 e. The smallest absolute Gasteiger partial charge is 0.410 e. The molecule has 5 rings (SSSR count). The lowest BCUT2D eigenvalue weighted by Gasteiger charge is -2.34. The zero-order valence-electron chi connectivity index (χ0n) is 21.3. The van der Waals surface area contributed by atoms with Crippen LogP contribution in [0.2, 0.25) is 0 Å². The summed E-state index contributed by atoms with van der Waals surface area (Å²) in [6.07, 6.45) is 4.30. The number of pyridine rings is 1. The van der Waals surface area contributed by atoms with Gasteiger partial charge in [0.05, 0.1) is 10.9 Å². The normalized spacial score (nSPS) is 14.8.